The van der Waals surface area contributed by atoms with Gasteiger partial charge in [-0.15, -0.1) is 11.3 Å². The minimum atomic E-state index is 0.364. The molecule has 114 valence electrons. The van der Waals surface area contributed by atoms with Crippen molar-refractivity contribution in [1.82, 2.24) is 10.2 Å². The van der Waals surface area contributed by atoms with E-state index in [1.807, 2.05) is 11.3 Å². The molecule has 1 aliphatic heterocycles. The Bertz CT molecular complexity index is 394. The van der Waals surface area contributed by atoms with Crippen LogP contribution in [0.1, 0.15) is 43.4 Å². The van der Waals surface area contributed by atoms with Crippen molar-refractivity contribution in [2.45, 2.75) is 58.8 Å². The predicted molar refractivity (Wildman–Crippen MR) is 86.2 cm³/mol. The molecule has 0 spiro atoms. The summed E-state index contributed by atoms with van der Waals surface area (Å²) in [5, 5.41) is 3.47. The van der Waals surface area contributed by atoms with E-state index in [9.17, 15) is 0 Å². The summed E-state index contributed by atoms with van der Waals surface area (Å²) in [4.78, 5) is 5.51. The van der Waals surface area contributed by atoms with Crippen LogP contribution < -0.4 is 5.32 Å². The number of morpholine rings is 1. The molecule has 3 nitrogen and oxygen atoms in total. The summed E-state index contributed by atoms with van der Waals surface area (Å²) in [7, 11) is 0. The Morgan fingerprint density at radius 3 is 2.90 bits per heavy atom. The summed E-state index contributed by atoms with van der Waals surface area (Å²) in [6.07, 6.45) is 2.73. The predicted octanol–water partition coefficient (Wildman–Crippen LogP) is 3.25. The first kappa shape index (κ1) is 16.0. The van der Waals surface area contributed by atoms with Crippen molar-refractivity contribution in [2.75, 3.05) is 19.7 Å². The second-order valence-electron chi connectivity index (χ2n) is 5.68. The molecule has 1 aromatic rings. The molecule has 0 aromatic carbocycles. The van der Waals surface area contributed by atoms with Gasteiger partial charge in [-0.3, -0.25) is 4.90 Å². The third kappa shape index (κ3) is 4.55. The van der Waals surface area contributed by atoms with E-state index in [1.54, 1.807) is 0 Å². The van der Waals surface area contributed by atoms with Crippen molar-refractivity contribution < 1.29 is 4.74 Å². The van der Waals surface area contributed by atoms with Crippen molar-refractivity contribution in [3.63, 3.8) is 0 Å². The normalized spacial score (nSPS) is 24.1. The third-order valence-electron chi connectivity index (χ3n) is 3.85. The number of thiophene rings is 1. The highest BCUT2D eigenvalue weighted by Gasteiger charge is 2.25. The standard InChI is InChI=1S/C16H28N2OS/c1-4-8-17-9-15-6-7-16(20-15)11-18-10-13(3)19-12-14(18)5-2/h6-7,13-14,17H,4-5,8-12H2,1-3H3. The lowest BCUT2D eigenvalue weighted by atomic mass is 10.1. The fourth-order valence-corrected chi connectivity index (χ4v) is 3.69. The first-order chi connectivity index (χ1) is 9.72. The van der Waals surface area contributed by atoms with Crippen LogP contribution in [0.3, 0.4) is 0 Å². The Morgan fingerprint density at radius 2 is 2.15 bits per heavy atom. The Labute approximate surface area is 127 Å². The molecule has 1 aromatic heterocycles. The zero-order valence-electron chi connectivity index (χ0n) is 13.0. The molecule has 0 aliphatic carbocycles. The van der Waals surface area contributed by atoms with Gasteiger partial charge in [-0.25, -0.2) is 0 Å². The van der Waals surface area contributed by atoms with Gasteiger partial charge in [-0.1, -0.05) is 13.8 Å². The van der Waals surface area contributed by atoms with Crippen molar-refractivity contribution >= 4 is 11.3 Å². The van der Waals surface area contributed by atoms with Gasteiger partial charge in [-0.05, 0) is 38.4 Å². The molecule has 2 rings (SSSR count). The zero-order chi connectivity index (χ0) is 14.4. The number of hydrogen-bond acceptors (Lipinski definition) is 4. The Morgan fingerprint density at radius 1 is 1.35 bits per heavy atom. The highest BCUT2D eigenvalue weighted by molar-refractivity contribution is 7.11. The summed E-state index contributed by atoms with van der Waals surface area (Å²) < 4.78 is 5.77. The van der Waals surface area contributed by atoms with Gasteiger partial charge >= 0.3 is 0 Å². The minimum absolute atomic E-state index is 0.364. The van der Waals surface area contributed by atoms with Crippen LogP contribution >= 0.6 is 11.3 Å². The van der Waals surface area contributed by atoms with Gasteiger partial charge < -0.3 is 10.1 Å². The van der Waals surface area contributed by atoms with Gasteiger partial charge in [0, 0.05) is 35.4 Å². The van der Waals surface area contributed by atoms with Gasteiger partial charge in [0.25, 0.3) is 0 Å². The van der Waals surface area contributed by atoms with Crippen LogP contribution in [0.5, 0.6) is 0 Å². The molecular formula is C16H28N2OS. The van der Waals surface area contributed by atoms with Crippen LogP contribution in [0.15, 0.2) is 12.1 Å². The fraction of sp³-hybridized carbons (Fsp3) is 0.750. The molecule has 0 radical (unpaired) electrons. The zero-order valence-corrected chi connectivity index (χ0v) is 13.8. The van der Waals surface area contributed by atoms with Crippen LogP contribution in [0, 0.1) is 0 Å². The van der Waals surface area contributed by atoms with Gasteiger partial charge in [0.15, 0.2) is 0 Å². The van der Waals surface area contributed by atoms with E-state index in [-0.39, 0.29) is 0 Å². The van der Waals surface area contributed by atoms with Gasteiger partial charge in [0.1, 0.15) is 0 Å². The maximum Gasteiger partial charge on any atom is 0.0674 e. The van der Waals surface area contributed by atoms with E-state index in [1.165, 1.54) is 22.6 Å². The van der Waals surface area contributed by atoms with Gasteiger partial charge in [0.2, 0.25) is 0 Å². The fourth-order valence-electron chi connectivity index (χ4n) is 2.67. The van der Waals surface area contributed by atoms with E-state index in [4.69, 9.17) is 4.74 Å². The lowest BCUT2D eigenvalue weighted by Gasteiger charge is -2.38. The number of rotatable bonds is 7. The van der Waals surface area contributed by atoms with Crippen molar-refractivity contribution in [2.24, 2.45) is 0 Å². The Kier molecular flexibility index (Phi) is 6.49. The summed E-state index contributed by atoms with van der Waals surface area (Å²) in [5.41, 5.74) is 0. The number of ether oxygens (including phenoxy) is 1. The average molecular weight is 296 g/mol. The van der Waals surface area contributed by atoms with Gasteiger partial charge in [-0.2, -0.15) is 0 Å². The topological polar surface area (TPSA) is 24.5 Å². The molecule has 2 unspecified atom stereocenters. The van der Waals surface area contributed by atoms with Crippen molar-refractivity contribution in [3.8, 4) is 0 Å². The monoisotopic (exact) mass is 296 g/mol. The highest BCUT2D eigenvalue weighted by atomic mass is 32.1. The minimum Gasteiger partial charge on any atom is -0.376 e. The maximum atomic E-state index is 5.77. The van der Waals surface area contributed by atoms with Crippen molar-refractivity contribution in [3.05, 3.63) is 21.9 Å². The second-order valence-corrected chi connectivity index (χ2v) is 6.93. The lowest BCUT2D eigenvalue weighted by Crippen LogP contribution is -2.47. The molecule has 20 heavy (non-hydrogen) atoms. The lowest BCUT2D eigenvalue weighted by molar-refractivity contribution is -0.0588. The van der Waals surface area contributed by atoms with Crippen LogP contribution in [-0.4, -0.2) is 36.7 Å². The smallest absolute Gasteiger partial charge is 0.0674 e. The SMILES string of the molecule is CCCNCc1ccc(CN2CC(C)OCC2CC)s1. The van der Waals surface area contributed by atoms with E-state index < -0.39 is 0 Å². The molecule has 2 heterocycles. The van der Waals surface area contributed by atoms with E-state index in [0.717, 1.165) is 32.8 Å². The summed E-state index contributed by atoms with van der Waals surface area (Å²) in [6, 6.07) is 5.14. The summed E-state index contributed by atoms with van der Waals surface area (Å²) in [6.45, 7) is 11.8. The average Bonchev–Trinajstić information content (AvgIpc) is 2.87. The summed E-state index contributed by atoms with van der Waals surface area (Å²) >= 11 is 1.95. The van der Waals surface area contributed by atoms with Crippen LogP contribution in [-0.2, 0) is 17.8 Å². The largest absolute Gasteiger partial charge is 0.376 e. The molecule has 1 saturated heterocycles. The number of hydrogen-bond donors (Lipinski definition) is 1. The van der Waals surface area contributed by atoms with Crippen LogP contribution in [0.2, 0.25) is 0 Å². The van der Waals surface area contributed by atoms with Crippen LogP contribution in [0.4, 0.5) is 0 Å². The molecule has 1 fully saturated rings. The molecule has 0 amide bonds. The van der Waals surface area contributed by atoms with Crippen LogP contribution in [0.25, 0.3) is 0 Å². The molecule has 1 aliphatic rings. The molecule has 0 bridgehead atoms. The molecule has 0 saturated carbocycles. The van der Waals surface area contributed by atoms with Gasteiger partial charge in [0.05, 0.1) is 12.7 Å². The molecular weight excluding hydrogens is 268 g/mol. The first-order valence-electron chi connectivity index (χ1n) is 7.86. The first-order valence-corrected chi connectivity index (χ1v) is 8.68. The quantitative estimate of drug-likeness (QED) is 0.782. The van der Waals surface area contributed by atoms with E-state index >= 15 is 0 Å². The summed E-state index contributed by atoms with van der Waals surface area (Å²) in [5.74, 6) is 0. The molecule has 1 N–H and O–H groups in total. The Hall–Kier alpha value is -0.420. The highest BCUT2D eigenvalue weighted by Crippen LogP contribution is 2.22. The third-order valence-corrected chi connectivity index (χ3v) is 4.92. The molecule has 4 heteroatoms. The number of nitrogens with zero attached hydrogens (tertiary/aromatic N) is 1. The van der Waals surface area contributed by atoms with E-state index in [2.05, 4.69) is 43.1 Å². The molecule has 2 atom stereocenters. The second kappa shape index (κ2) is 8.13. The number of nitrogens with one attached hydrogen (secondary N) is 1. The Balaban J connectivity index is 1.88. The van der Waals surface area contributed by atoms with Crippen molar-refractivity contribution in [1.29, 1.82) is 0 Å². The maximum absolute atomic E-state index is 5.77. The van der Waals surface area contributed by atoms with E-state index in [0.29, 0.717) is 12.1 Å².